The van der Waals surface area contributed by atoms with Crippen LogP contribution in [0.2, 0.25) is 0 Å². The first-order valence-corrected chi connectivity index (χ1v) is 11.3. The molecule has 1 heterocycles. The van der Waals surface area contributed by atoms with E-state index >= 15 is 0 Å². The molecule has 0 fully saturated rings. The maximum Gasteiger partial charge on any atom is 0.170 e. The average Bonchev–Trinajstić information content (AvgIpc) is 3.25. The molecule has 0 saturated heterocycles. The third kappa shape index (κ3) is 4.81. The number of anilines is 1. The van der Waals surface area contributed by atoms with Crippen LogP contribution in [-0.4, -0.2) is 30.9 Å². The van der Waals surface area contributed by atoms with Gasteiger partial charge in [-0.1, -0.05) is 42.5 Å². The van der Waals surface area contributed by atoms with Gasteiger partial charge in [0.25, 0.3) is 0 Å². The highest BCUT2D eigenvalue weighted by atomic mass is 32.1. The van der Waals surface area contributed by atoms with E-state index < -0.39 is 0 Å². The Kier molecular flexibility index (Phi) is 6.84. The second-order valence-corrected chi connectivity index (χ2v) is 8.49. The lowest BCUT2D eigenvalue weighted by atomic mass is 9.90. The van der Waals surface area contributed by atoms with E-state index in [0.717, 1.165) is 28.1 Å². The lowest BCUT2D eigenvalue weighted by Gasteiger charge is -2.23. The molecule has 0 radical (unpaired) electrons. The third-order valence-electron chi connectivity index (χ3n) is 5.91. The number of aromatic amines is 1. The van der Waals surface area contributed by atoms with Crippen LogP contribution in [-0.2, 0) is 0 Å². The van der Waals surface area contributed by atoms with E-state index in [1.54, 1.807) is 14.2 Å². The van der Waals surface area contributed by atoms with E-state index in [0.29, 0.717) is 17.4 Å². The Labute approximate surface area is 200 Å². The van der Waals surface area contributed by atoms with Gasteiger partial charge < -0.3 is 25.1 Å². The van der Waals surface area contributed by atoms with Gasteiger partial charge in [-0.05, 0) is 61.0 Å². The number of rotatable bonds is 7. The van der Waals surface area contributed by atoms with Crippen LogP contribution >= 0.6 is 12.2 Å². The number of fused-ring (bicyclic) bond motifs is 1. The standard InChI is InChI=1S/C27H29N3O2S/c1-17-12-13-18(2)24(14-17)30-27(33)29-16-22(20-9-7-11-25(31-3)26(20)32-4)21-15-28-23-10-6-5-8-19(21)23/h5-15,22,28H,16H2,1-4H3,(H2,29,30,33). The molecule has 0 aliphatic rings. The lowest BCUT2D eigenvalue weighted by Crippen LogP contribution is -2.32. The van der Waals surface area contributed by atoms with Crippen molar-refractivity contribution in [3.8, 4) is 11.5 Å². The number of benzene rings is 3. The molecule has 0 amide bonds. The Morgan fingerprint density at radius 1 is 0.970 bits per heavy atom. The van der Waals surface area contributed by atoms with Crippen LogP contribution in [0.15, 0.2) is 66.9 Å². The first-order valence-electron chi connectivity index (χ1n) is 10.9. The maximum atomic E-state index is 5.78. The number of hydrogen-bond donors (Lipinski definition) is 3. The summed E-state index contributed by atoms with van der Waals surface area (Å²) in [6.07, 6.45) is 2.07. The Bertz CT molecular complexity index is 1280. The summed E-state index contributed by atoms with van der Waals surface area (Å²) >= 11 is 5.66. The summed E-state index contributed by atoms with van der Waals surface area (Å²) in [5.74, 6) is 1.41. The Morgan fingerprint density at radius 2 is 1.79 bits per heavy atom. The molecule has 1 aromatic heterocycles. The van der Waals surface area contributed by atoms with Crippen LogP contribution in [0.1, 0.15) is 28.2 Å². The zero-order valence-electron chi connectivity index (χ0n) is 19.4. The topological polar surface area (TPSA) is 58.3 Å². The summed E-state index contributed by atoms with van der Waals surface area (Å²) in [5, 5.41) is 8.52. The minimum Gasteiger partial charge on any atom is -0.493 e. The van der Waals surface area contributed by atoms with Crippen LogP contribution < -0.4 is 20.1 Å². The largest absolute Gasteiger partial charge is 0.493 e. The smallest absolute Gasteiger partial charge is 0.170 e. The summed E-state index contributed by atoms with van der Waals surface area (Å²) in [6, 6.07) is 20.6. The molecule has 5 nitrogen and oxygen atoms in total. The fraction of sp³-hybridized carbons (Fsp3) is 0.222. The van der Waals surface area contributed by atoms with Crippen molar-refractivity contribution in [3.05, 3.63) is 89.1 Å². The second-order valence-electron chi connectivity index (χ2n) is 8.08. The summed E-state index contributed by atoms with van der Waals surface area (Å²) in [7, 11) is 3.33. The fourth-order valence-corrected chi connectivity index (χ4v) is 4.38. The number of H-pyrrole nitrogens is 1. The quantitative estimate of drug-likeness (QED) is 0.300. The van der Waals surface area contributed by atoms with Gasteiger partial charge in [-0.2, -0.15) is 0 Å². The van der Waals surface area contributed by atoms with E-state index in [2.05, 4.69) is 78.1 Å². The molecular formula is C27H29N3O2S. The van der Waals surface area contributed by atoms with Crippen molar-refractivity contribution in [2.24, 2.45) is 0 Å². The maximum absolute atomic E-state index is 5.78. The van der Waals surface area contributed by atoms with Gasteiger partial charge in [0.15, 0.2) is 16.6 Å². The molecule has 0 saturated carbocycles. The Hall–Kier alpha value is -3.51. The average molecular weight is 460 g/mol. The molecule has 6 heteroatoms. The molecule has 4 rings (SSSR count). The summed E-state index contributed by atoms with van der Waals surface area (Å²) in [5.41, 5.74) is 6.63. The predicted molar refractivity (Wildman–Crippen MR) is 140 cm³/mol. The first-order chi connectivity index (χ1) is 16.0. The predicted octanol–water partition coefficient (Wildman–Crippen LogP) is 5.92. The molecule has 170 valence electrons. The summed E-state index contributed by atoms with van der Waals surface area (Å²) in [4.78, 5) is 3.40. The number of thiocarbonyl (C=S) groups is 1. The second kappa shape index (κ2) is 9.96. The monoisotopic (exact) mass is 459 g/mol. The van der Waals surface area contributed by atoms with Gasteiger partial charge in [-0.25, -0.2) is 0 Å². The molecule has 1 atom stereocenters. The zero-order chi connectivity index (χ0) is 23.4. The van der Waals surface area contributed by atoms with Gasteiger partial charge in [0.05, 0.1) is 14.2 Å². The van der Waals surface area contributed by atoms with Gasteiger partial charge in [0, 0.05) is 40.8 Å². The SMILES string of the molecule is COc1cccc(C(CNC(=S)Nc2cc(C)ccc2C)c2c[nH]c3ccccc23)c1OC. The highest BCUT2D eigenvalue weighted by Crippen LogP contribution is 2.40. The molecule has 4 aromatic rings. The van der Waals surface area contributed by atoms with Crippen molar-refractivity contribution >= 4 is 33.9 Å². The van der Waals surface area contributed by atoms with Crippen molar-refractivity contribution < 1.29 is 9.47 Å². The van der Waals surface area contributed by atoms with Gasteiger partial charge in [-0.15, -0.1) is 0 Å². The Morgan fingerprint density at radius 3 is 2.58 bits per heavy atom. The molecule has 3 N–H and O–H groups in total. The number of hydrogen-bond acceptors (Lipinski definition) is 3. The Balaban J connectivity index is 1.67. The number of aromatic nitrogens is 1. The molecular weight excluding hydrogens is 430 g/mol. The summed E-state index contributed by atoms with van der Waals surface area (Å²) in [6.45, 7) is 4.73. The fourth-order valence-electron chi connectivity index (χ4n) is 4.19. The van der Waals surface area contributed by atoms with Crippen molar-refractivity contribution in [3.63, 3.8) is 0 Å². The molecule has 0 spiro atoms. The third-order valence-corrected chi connectivity index (χ3v) is 6.16. The number of nitrogens with one attached hydrogen (secondary N) is 3. The van der Waals surface area contributed by atoms with E-state index in [1.165, 1.54) is 16.5 Å². The number of methoxy groups -OCH3 is 2. The van der Waals surface area contributed by atoms with Gasteiger partial charge in [0.2, 0.25) is 0 Å². The molecule has 0 aliphatic carbocycles. The van der Waals surface area contributed by atoms with E-state index in [9.17, 15) is 0 Å². The van der Waals surface area contributed by atoms with Crippen molar-refractivity contribution in [1.82, 2.24) is 10.3 Å². The highest BCUT2D eigenvalue weighted by molar-refractivity contribution is 7.80. The van der Waals surface area contributed by atoms with Crippen LogP contribution in [0.3, 0.4) is 0 Å². The van der Waals surface area contributed by atoms with E-state index in [4.69, 9.17) is 21.7 Å². The molecule has 33 heavy (non-hydrogen) atoms. The minimum absolute atomic E-state index is 0.0236. The van der Waals surface area contributed by atoms with Crippen LogP contribution in [0.4, 0.5) is 5.69 Å². The molecule has 3 aromatic carbocycles. The molecule has 0 aliphatic heterocycles. The van der Waals surface area contributed by atoms with Crippen LogP contribution in [0.25, 0.3) is 10.9 Å². The summed E-state index contributed by atoms with van der Waals surface area (Å²) < 4.78 is 11.3. The number of aryl methyl sites for hydroxylation is 2. The highest BCUT2D eigenvalue weighted by Gasteiger charge is 2.24. The first kappa shape index (κ1) is 22.7. The number of ether oxygens (including phenoxy) is 2. The number of para-hydroxylation sites is 2. The van der Waals surface area contributed by atoms with Crippen molar-refractivity contribution in [2.45, 2.75) is 19.8 Å². The van der Waals surface area contributed by atoms with Gasteiger partial charge in [0.1, 0.15) is 0 Å². The normalized spacial score (nSPS) is 11.8. The van der Waals surface area contributed by atoms with Crippen molar-refractivity contribution in [2.75, 3.05) is 26.1 Å². The minimum atomic E-state index is -0.0236. The van der Waals surface area contributed by atoms with Crippen LogP contribution in [0, 0.1) is 13.8 Å². The van der Waals surface area contributed by atoms with Gasteiger partial charge >= 0.3 is 0 Å². The van der Waals surface area contributed by atoms with E-state index in [-0.39, 0.29) is 5.92 Å². The van der Waals surface area contributed by atoms with E-state index in [1.807, 2.05) is 18.2 Å². The van der Waals surface area contributed by atoms with Crippen LogP contribution in [0.5, 0.6) is 11.5 Å². The molecule has 0 bridgehead atoms. The lowest BCUT2D eigenvalue weighted by molar-refractivity contribution is 0.350. The molecule has 1 unspecified atom stereocenters. The zero-order valence-corrected chi connectivity index (χ0v) is 20.2. The van der Waals surface area contributed by atoms with Gasteiger partial charge in [-0.3, -0.25) is 0 Å². The van der Waals surface area contributed by atoms with Crippen molar-refractivity contribution in [1.29, 1.82) is 0 Å².